The van der Waals surface area contributed by atoms with Gasteiger partial charge in [-0.25, -0.2) is 0 Å². The van der Waals surface area contributed by atoms with Crippen LogP contribution >= 0.6 is 0 Å². The summed E-state index contributed by atoms with van der Waals surface area (Å²) in [4.78, 5) is 0. The fourth-order valence-corrected chi connectivity index (χ4v) is 2.82. The minimum atomic E-state index is 0.369. The first-order valence-corrected chi connectivity index (χ1v) is 6.92. The van der Waals surface area contributed by atoms with E-state index in [0.29, 0.717) is 6.04 Å². The largest absolute Gasteiger partial charge is 0.310 e. The Morgan fingerprint density at radius 3 is 2.61 bits per heavy atom. The predicted octanol–water partition coefficient (Wildman–Crippen LogP) is 3.65. The van der Waals surface area contributed by atoms with Crippen LogP contribution < -0.4 is 5.32 Å². The number of hydrogen-bond acceptors (Lipinski definition) is 2. The lowest BCUT2D eigenvalue weighted by molar-refractivity contribution is 0.440. The Labute approximate surface area is 110 Å². The summed E-state index contributed by atoms with van der Waals surface area (Å²) in [5.41, 5.74) is 2.00. The lowest BCUT2D eigenvalue weighted by Gasteiger charge is -2.17. The van der Waals surface area contributed by atoms with Gasteiger partial charge in [-0.2, -0.15) is 5.26 Å². The smallest absolute Gasteiger partial charge is 0.0991 e. The maximum atomic E-state index is 8.77. The normalized spacial score (nSPS) is 24.7. The van der Waals surface area contributed by atoms with E-state index >= 15 is 0 Å². The topological polar surface area (TPSA) is 35.8 Å². The first-order valence-electron chi connectivity index (χ1n) is 6.92. The van der Waals surface area contributed by atoms with Gasteiger partial charge in [0.05, 0.1) is 11.6 Å². The van der Waals surface area contributed by atoms with Crippen molar-refractivity contribution in [2.45, 2.75) is 39.2 Å². The summed E-state index contributed by atoms with van der Waals surface area (Å²) in [5, 5.41) is 12.4. The highest BCUT2D eigenvalue weighted by Crippen LogP contribution is 2.30. The summed E-state index contributed by atoms with van der Waals surface area (Å²) in [7, 11) is 0. The Balaban J connectivity index is 1.83. The average Bonchev–Trinajstić information content (AvgIpc) is 2.82. The third-order valence-corrected chi connectivity index (χ3v) is 4.06. The van der Waals surface area contributed by atoms with Crippen molar-refractivity contribution in [2.24, 2.45) is 11.8 Å². The van der Waals surface area contributed by atoms with Crippen LogP contribution in [0.15, 0.2) is 24.3 Å². The van der Waals surface area contributed by atoms with Gasteiger partial charge in [0.2, 0.25) is 0 Å². The molecule has 2 heteroatoms. The molecule has 2 nitrogen and oxygen atoms in total. The van der Waals surface area contributed by atoms with Crippen LogP contribution in [-0.2, 0) is 0 Å². The maximum Gasteiger partial charge on any atom is 0.0991 e. The van der Waals surface area contributed by atoms with Crippen molar-refractivity contribution in [1.29, 1.82) is 5.26 Å². The van der Waals surface area contributed by atoms with E-state index in [4.69, 9.17) is 5.26 Å². The molecule has 1 aliphatic carbocycles. The number of nitrogens with one attached hydrogen (secondary N) is 1. The molecule has 3 atom stereocenters. The third kappa shape index (κ3) is 3.34. The Hall–Kier alpha value is -1.33. The molecule has 2 rings (SSSR count). The molecule has 0 heterocycles. The van der Waals surface area contributed by atoms with Crippen molar-refractivity contribution in [2.75, 3.05) is 6.54 Å². The second kappa shape index (κ2) is 6.02. The van der Waals surface area contributed by atoms with Gasteiger partial charge in [0.25, 0.3) is 0 Å². The molecule has 1 aliphatic rings. The molecule has 1 fully saturated rings. The number of hydrogen-bond donors (Lipinski definition) is 1. The molecular weight excluding hydrogens is 220 g/mol. The summed E-state index contributed by atoms with van der Waals surface area (Å²) in [5.74, 6) is 1.75. The van der Waals surface area contributed by atoms with Crippen LogP contribution in [0.1, 0.15) is 50.3 Å². The molecule has 1 aromatic rings. The Morgan fingerprint density at radius 1 is 1.33 bits per heavy atom. The maximum absolute atomic E-state index is 8.77. The number of nitrogens with zero attached hydrogens (tertiary/aromatic N) is 1. The van der Waals surface area contributed by atoms with E-state index in [1.165, 1.54) is 24.8 Å². The van der Waals surface area contributed by atoms with Gasteiger partial charge in [-0.3, -0.25) is 0 Å². The van der Waals surface area contributed by atoms with Gasteiger partial charge >= 0.3 is 0 Å². The van der Waals surface area contributed by atoms with Gasteiger partial charge in [-0.1, -0.05) is 25.5 Å². The fourth-order valence-electron chi connectivity index (χ4n) is 2.82. The second-order valence-electron chi connectivity index (χ2n) is 5.65. The van der Waals surface area contributed by atoms with Crippen LogP contribution in [0, 0.1) is 23.2 Å². The standard InChI is InChI=1S/C16H22N2/c1-12-3-4-15(9-12)11-18-13(2)16-7-5-14(10-17)6-8-16/h5-8,12-13,15,18H,3-4,9,11H2,1-2H3. The molecule has 0 bridgehead atoms. The van der Waals surface area contributed by atoms with E-state index < -0.39 is 0 Å². The molecule has 0 aliphatic heterocycles. The van der Waals surface area contributed by atoms with E-state index in [-0.39, 0.29) is 0 Å². The molecule has 1 N–H and O–H groups in total. The monoisotopic (exact) mass is 242 g/mol. The van der Waals surface area contributed by atoms with Crippen LogP contribution in [-0.4, -0.2) is 6.54 Å². The molecule has 18 heavy (non-hydrogen) atoms. The van der Waals surface area contributed by atoms with Crippen LogP contribution in [0.25, 0.3) is 0 Å². The lowest BCUT2D eigenvalue weighted by Crippen LogP contribution is -2.24. The zero-order chi connectivity index (χ0) is 13.0. The van der Waals surface area contributed by atoms with Gasteiger partial charge in [-0.05, 0) is 55.8 Å². The van der Waals surface area contributed by atoms with Gasteiger partial charge in [-0.15, -0.1) is 0 Å². The van der Waals surface area contributed by atoms with Crippen LogP contribution in [0.2, 0.25) is 0 Å². The van der Waals surface area contributed by atoms with Crippen molar-refractivity contribution in [3.63, 3.8) is 0 Å². The van der Waals surface area contributed by atoms with Crippen molar-refractivity contribution >= 4 is 0 Å². The molecular formula is C16H22N2. The van der Waals surface area contributed by atoms with Crippen LogP contribution in [0.5, 0.6) is 0 Å². The Bertz CT molecular complexity index is 416. The van der Waals surface area contributed by atoms with E-state index in [1.54, 1.807) is 0 Å². The SMILES string of the molecule is CC1CCC(CNC(C)c2ccc(C#N)cc2)C1. The predicted molar refractivity (Wildman–Crippen MR) is 74.1 cm³/mol. The fraction of sp³-hybridized carbons (Fsp3) is 0.562. The van der Waals surface area contributed by atoms with E-state index in [2.05, 4.69) is 25.2 Å². The Morgan fingerprint density at radius 2 is 2.06 bits per heavy atom. The zero-order valence-electron chi connectivity index (χ0n) is 11.3. The van der Waals surface area contributed by atoms with Crippen molar-refractivity contribution in [3.8, 4) is 6.07 Å². The first-order chi connectivity index (χ1) is 8.69. The lowest BCUT2D eigenvalue weighted by atomic mass is 10.0. The van der Waals surface area contributed by atoms with E-state index in [9.17, 15) is 0 Å². The number of nitriles is 1. The van der Waals surface area contributed by atoms with Crippen molar-refractivity contribution in [3.05, 3.63) is 35.4 Å². The zero-order valence-corrected chi connectivity index (χ0v) is 11.3. The summed E-state index contributed by atoms with van der Waals surface area (Å²) < 4.78 is 0. The van der Waals surface area contributed by atoms with Crippen molar-refractivity contribution < 1.29 is 0 Å². The quantitative estimate of drug-likeness (QED) is 0.875. The molecule has 0 radical (unpaired) electrons. The van der Waals surface area contributed by atoms with Gasteiger partial charge in [0.15, 0.2) is 0 Å². The highest BCUT2D eigenvalue weighted by molar-refractivity contribution is 5.32. The summed E-state index contributed by atoms with van der Waals surface area (Å²) in [6, 6.07) is 10.4. The molecule has 0 saturated heterocycles. The highest BCUT2D eigenvalue weighted by Gasteiger charge is 2.21. The summed E-state index contributed by atoms with van der Waals surface area (Å²) in [6.07, 6.45) is 4.12. The van der Waals surface area contributed by atoms with Crippen molar-refractivity contribution in [1.82, 2.24) is 5.32 Å². The first kappa shape index (κ1) is 13.1. The molecule has 1 aromatic carbocycles. The number of benzene rings is 1. The van der Waals surface area contributed by atoms with Crippen LogP contribution in [0.3, 0.4) is 0 Å². The average molecular weight is 242 g/mol. The highest BCUT2D eigenvalue weighted by atomic mass is 14.9. The third-order valence-electron chi connectivity index (χ3n) is 4.06. The molecule has 96 valence electrons. The molecule has 3 unspecified atom stereocenters. The number of rotatable bonds is 4. The summed E-state index contributed by atoms with van der Waals surface area (Å²) in [6.45, 7) is 5.66. The molecule has 0 aromatic heterocycles. The minimum absolute atomic E-state index is 0.369. The van der Waals surface area contributed by atoms with E-state index in [1.807, 2.05) is 24.3 Å². The van der Waals surface area contributed by atoms with Gasteiger partial charge < -0.3 is 5.32 Å². The molecule has 0 spiro atoms. The van der Waals surface area contributed by atoms with E-state index in [0.717, 1.165) is 23.9 Å². The summed E-state index contributed by atoms with van der Waals surface area (Å²) >= 11 is 0. The molecule has 1 saturated carbocycles. The second-order valence-corrected chi connectivity index (χ2v) is 5.65. The van der Waals surface area contributed by atoms with Gasteiger partial charge in [0, 0.05) is 6.04 Å². The van der Waals surface area contributed by atoms with Gasteiger partial charge in [0.1, 0.15) is 0 Å². The molecule has 0 amide bonds. The Kier molecular flexibility index (Phi) is 4.38. The van der Waals surface area contributed by atoms with Crippen LogP contribution in [0.4, 0.5) is 0 Å². The minimum Gasteiger partial charge on any atom is -0.310 e.